The monoisotopic (exact) mass is 209 g/mol. The van der Waals surface area contributed by atoms with Crippen LogP contribution in [0.25, 0.3) is 0 Å². The Morgan fingerprint density at radius 3 is 2.73 bits per heavy atom. The van der Waals surface area contributed by atoms with Crippen LogP contribution in [-0.4, -0.2) is 45.8 Å². The standard InChI is InChI=1S/C10H19N5/c1-14-5-3-9(4-6-14)11-7-10-12-8-15(2)13-10/h8-9,11H,3-7H2,1-2H3. The highest BCUT2D eigenvalue weighted by Crippen LogP contribution is 2.08. The zero-order valence-electron chi connectivity index (χ0n) is 9.48. The van der Waals surface area contributed by atoms with E-state index < -0.39 is 0 Å². The molecule has 1 saturated heterocycles. The predicted octanol–water partition coefficient (Wildman–Crippen LogP) is -0.00110. The van der Waals surface area contributed by atoms with E-state index in [2.05, 4.69) is 27.3 Å². The van der Waals surface area contributed by atoms with Crippen molar-refractivity contribution >= 4 is 0 Å². The van der Waals surface area contributed by atoms with Crippen LogP contribution in [0.15, 0.2) is 6.33 Å². The van der Waals surface area contributed by atoms with Crippen molar-refractivity contribution in [2.45, 2.75) is 25.4 Å². The molecule has 1 fully saturated rings. The van der Waals surface area contributed by atoms with Crippen molar-refractivity contribution in [1.82, 2.24) is 25.0 Å². The molecule has 1 N–H and O–H groups in total. The van der Waals surface area contributed by atoms with Crippen LogP contribution >= 0.6 is 0 Å². The zero-order chi connectivity index (χ0) is 10.7. The topological polar surface area (TPSA) is 46.0 Å². The molecule has 0 amide bonds. The highest BCUT2D eigenvalue weighted by molar-refractivity contribution is 4.83. The highest BCUT2D eigenvalue weighted by Gasteiger charge is 2.16. The first-order valence-corrected chi connectivity index (χ1v) is 5.50. The molecule has 15 heavy (non-hydrogen) atoms. The summed E-state index contributed by atoms with van der Waals surface area (Å²) in [7, 11) is 4.07. The van der Waals surface area contributed by atoms with E-state index in [1.165, 1.54) is 25.9 Å². The molecule has 0 aromatic carbocycles. The first-order valence-electron chi connectivity index (χ1n) is 5.50. The SMILES string of the molecule is CN1CCC(NCc2ncn(C)n2)CC1. The third-order valence-corrected chi connectivity index (χ3v) is 2.91. The molecule has 84 valence electrons. The summed E-state index contributed by atoms with van der Waals surface area (Å²) in [5.41, 5.74) is 0. The van der Waals surface area contributed by atoms with Gasteiger partial charge in [0.15, 0.2) is 5.82 Å². The maximum atomic E-state index is 4.24. The first-order chi connectivity index (χ1) is 7.24. The maximum Gasteiger partial charge on any atom is 0.164 e. The lowest BCUT2D eigenvalue weighted by Gasteiger charge is -2.29. The van der Waals surface area contributed by atoms with Crippen LogP contribution in [0.2, 0.25) is 0 Å². The summed E-state index contributed by atoms with van der Waals surface area (Å²) in [5, 5.41) is 7.75. The Bertz CT molecular complexity index is 301. The predicted molar refractivity (Wildman–Crippen MR) is 58.4 cm³/mol. The van der Waals surface area contributed by atoms with Crippen molar-refractivity contribution in [2.24, 2.45) is 7.05 Å². The number of aryl methyl sites for hydroxylation is 1. The van der Waals surface area contributed by atoms with E-state index in [1.807, 2.05) is 7.05 Å². The number of nitrogens with zero attached hydrogens (tertiary/aromatic N) is 4. The van der Waals surface area contributed by atoms with Crippen LogP contribution < -0.4 is 5.32 Å². The Morgan fingerprint density at radius 2 is 2.13 bits per heavy atom. The molecule has 0 aliphatic carbocycles. The van der Waals surface area contributed by atoms with E-state index in [9.17, 15) is 0 Å². The lowest BCUT2D eigenvalue weighted by molar-refractivity contribution is 0.233. The van der Waals surface area contributed by atoms with Gasteiger partial charge in [0.25, 0.3) is 0 Å². The Hall–Kier alpha value is -0.940. The molecule has 0 atom stereocenters. The van der Waals surface area contributed by atoms with Crippen molar-refractivity contribution in [1.29, 1.82) is 0 Å². The third kappa shape index (κ3) is 3.00. The van der Waals surface area contributed by atoms with Gasteiger partial charge in [-0.2, -0.15) is 5.10 Å². The second-order valence-electron chi connectivity index (χ2n) is 4.29. The molecule has 0 bridgehead atoms. The van der Waals surface area contributed by atoms with E-state index in [1.54, 1.807) is 11.0 Å². The highest BCUT2D eigenvalue weighted by atomic mass is 15.3. The van der Waals surface area contributed by atoms with Crippen LogP contribution in [0.4, 0.5) is 0 Å². The summed E-state index contributed by atoms with van der Waals surface area (Å²) in [6, 6.07) is 0.630. The summed E-state index contributed by atoms with van der Waals surface area (Å²) in [4.78, 5) is 6.57. The average molecular weight is 209 g/mol. The van der Waals surface area contributed by atoms with Crippen LogP contribution in [0, 0.1) is 0 Å². The van der Waals surface area contributed by atoms with E-state index in [4.69, 9.17) is 0 Å². The Balaban J connectivity index is 1.74. The van der Waals surface area contributed by atoms with E-state index in [-0.39, 0.29) is 0 Å². The molecule has 2 rings (SSSR count). The summed E-state index contributed by atoms with van der Waals surface area (Å²) in [6.45, 7) is 3.16. The largest absolute Gasteiger partial charge is 0.307 e. The molecular formula is C10H19N5. The second kappa shape index (κ2) is 4.72. The quantitative estimate of drug-likeness (QED) is 0.761. The van der Waals surface area contributed by atoms with Gasteiger partial charge in [0.1, 0.15) is 6.33 Å². The van der Waals surface area contributed by atoms with Crippen LogP contribution in [-0.2, 0) is 13.6 Å². The molecule has 0 saturated carbocycles. The smallest absolute Gasteiger partial charge is 0.164 e. The minimum atomic E-state index is 0.630. The second-order valence-corrected chi connectivity index (χ2v) is 4.29. The fourth-order valence-electron chi connectivity index (χ4n) is 1.91. The molecule has 5 heteroatoms. The fraction of sp³-hybridized carbons (Fsp3) is 0.800. The maximum absolute atomic E-state index is 4.24. The number of hydrogen-bond donors (Lipinski definition) is 1. The normalized spacial score (nSPS) is 19.6. The van der Waals surface area contributed by atoms with Gasteiger partial charge in [0.05, 0.1) is 6.54 Å². The molecule has 2 heterocycles. The molecule has 1 aliphatic heterocycles. The lowest BCUT2D eigenvalue weighted by atomic mass is 10.1. The summed E-state index contributed by atoms with van der Waals surface area (Å²) in [5.74, 6) is 0.886. The minimum absolute atomic E-state index is 0.630. The third-order valence-electron chi connectivity index (χ3n) is 2.91. The summed E-state index contributed by atoms with van der Waals surface area (Å²) < 4.78 is 1.74. The van der Waals surface area contributed by atoms with Gasteiger partial charge in [-0.3, -0.25) is 4.68 Å². The number of likely N-dealkylation sites (tertiary alicyclic amines) is 1. The number of rotatable bonds is 3. The molecule has 1 aliphatic rings. The van der Waals surface area contributed by atoms with Gasteiger partial charge in [-0.25, -0.2) is 4.98 Å². The van der Waals surface area contributed by atoms with Crippen molar-refractivity contribution in [3.63, 3.8) is 0 Å². The zero-order valence-corrected chi connectivity index (χ0v) is 9.48. The Kier molecular flexibility index (Phi) is 3.33. The molecular weight excluding hydrogens is 190 g/mol. The molecule has 1 aromatic rings. The average Bonchev–Trinajstić information content (AvgIpc) is 2.64. The number of hydrogen-bond acceptors (Lipinski definition) is 4. The summed E-state index contributed by atoms with van der Waals surface area (Å²) >= 11 is 0. The Labute approximate surface area is 90.5 Å². The van der Waals surface area contributed by atoms with E-state index in [0.29, 0.717) is 6.04 Å². The van der Waals surface area contributed by atoms with Gasteiger partial charge in [-0.1, -0.05) is 0 Å². The minimum Gasteiger partial charge on any atom is -0.307 e. The molecule has 1 aromatic heterocycles. The van der Waals surface area contributed by atoms with Gasteiger partial charge in [0.2, 0.25) is 0 Å². The summed E-state index contributed by atoms with van der Waals surface area (Å²) in [6.07, 6.45) is 4.19. The van der Waals surface area contributed by atoms with Crippen LogP contribution in [0.5, 0.6) is 0 Å². The van der Waals surface area contributed by atoms with Gasteiger partial charge < -0.3 is 10.2 Å². The van der Waals surface area contributed by atoms with Gasteiger partial charge >= 0.3 is 0 Å². The number of piperidine rings is 1. The van der Waals surface area contributed by atoms with Gasteiger partial charge in [-0.15, -0.1) is 0 Å². The Morgan fingerprint density at radius 1 is 1.40 bits per heavy atom. The van der Waals surface area contributed by atoms with Crippen LogP contribution in [0.1, 0.15) is 18.7 Å². The first kappa shape index (κ1) is 10.6. The van der Waals surface area contributed by atoms with Crippen molar-refractivity contribution in [3.8, 4) is 0 Å². The lowest BCUT2D eigenvalue weighted by Crippen LogP contribution is -2.40. The molecule has 5 nitrogen and oxygen atoms in total. The van der Waals surface area contributed by atoms with Crippen LogP contribution in [0.3, 0.4) is 0 Å². The molecule has 0 radical (unpaired) electrons. The van der Waals surface area contributed by atoms with Crippen molar-refractivity contribution in [3.05, 3.63) is 12.2 Å². The van der Waals surface area contributed by atoms with Gasteiger partial charge in [0, 0.05) is 13.1 Å². The fourth-order valence-corrected chi connectivity index (χ4v) is 1.91. The van der Waals surface area contributed by atoms with Crippen molar-refractivity contribution in [2.75, 3.05) is 20.1 Å². The molecule has 0 spiro atoms. The molecule has 0 unspecified atom stereocenters. The van der Waals surface area contributed by atoms with Gasteiger partial charge in [-0.05, 0) is 33.0 Å². The van der Waals surface area contributed by atoms with Crippen molar-refractivity contribution < 1.29 is 0 Å². The van der Waals surface area contributed by atoms with E-state index in [0.717, 1.165) is 12.4 Å². The van der Waals surface area contributed by atoms with E-state index >= 15 is 0 Å². The number of aromatic nitrogens is 3. The number of nitrogens with one attached hydrogen (secondary N) is 1.